The molecule has 1 heterocycles. The molecule has 1 unspecified atom stereocenters. The van der Waals surface area contributed by atoms with Gasteiger partial charge < -0.3 is 0 Å². The molecule has 0 saturated carbocycles. The van der Waals surface area contributed by atoms with Gasteiger partial charge in [-0.3, -0.25) is 10.1 Å². The second kappa shape index (κ2) is 6.21. The minimum atomic E-state index is -0.786. The topological polar surface area (TPSA) is 91.6 Å². The summed E-state index contributed by atoms with van der Waals surface area (Å²) >= 11 is 0. The van der Waals surface area contributed by atoms with Crippen LogP contribution in [0.25, 0.3) is 0 Å². The first-order valence-corrected chi connectivity index (χ1v) is 5.67. The van der Waals surface area contributed by atoms with Gasteiger partial charge in [0.25, 0.3) is 0 Å². The third kappa shape index (κ3) is 3.57. The van der Waals surface area contributed by atoms with Crippen molar-refractivity contribution in [1.29, 1.82) is 5.26 Å². The summed E-state index contributed by atoms with van der Waals surface area (Å²) in [5.41, 5.74) is 0.927. The number of rotatable bonds is 4. The van der Waals surface area contributed by atoms with Crippen LogP contribution in [0.2, 0.25) is 0 Å². The molecule has 1 N–H and O–H groups in total. The molecule has 0 aliphatic rings. The van der Waals surface area contributed by atoms with Crippen molar-refractivity contribution in [3.8, 4) is 6.07 Å². The van der Waals surface area contributed by atoms with Crippen LogP contribution >= 0.6 is 0 Å². The molecule has 0 spiro atoms. The van der Waals surface area contributed by atoms with E-state index in [4.69, 9.17) is 5.26 Å². The van der Waals surface area contributed by atoms with Crippen molar-refractivity contribution in [2.24, 2.45) is 5.92 Å². The van der Waals surface area contributed by atoms with E-state index in [9.17, 15) is 4.79 Å². The highest BCUT2D eigenvalue weighted by atomic mass is 16.2. The number of carbonyl (C=O) groups is 1. The largest absolute Gasteiger partial charge is 0.292 e. The van der Waals surface area contributed by atoms with Gasteiger partial charge >= 0.3 is 0 Å². The Bertz CT molecular complexity index is 579. The maximum absolute atomic E-state index is 11.9. The Morgan fingerprint density at radius 3 is 2.74 bits per heavy atom. The number of aromatic nitrogens is 3. The van der Waals surface area contributed by atoms with Gasteiger partial charge in [-0.2, -0.15) is 10.4 Å². The van der Waals surface area contributed by atoms with Crippen LogP contribution in [0, 0.1) is 17.2 Å². The van der Waals surface area contributed by atoms with Gasteiger partial charge in [-0.25, -0.2) is 4.98 Å². The molecule has 0 aliphatic heterocycles. The molecule has 0 bridgehead atoms. The Morgan fingerprint density at radius 1 is 1.32 bits per heavy atom. The monoisotopic (exact) mass is 253 g/mol. The van der Waals surface area contributed by atoms with Crippen molar-refractivity contribution < 1.29 is 4.79 Å². The van der Waals surface area contributed by atoms with Crippen LogP contribution in [-0.2, 0) is 11.2 Å². The Labute approximate surface area is 110 Å². The summed E-state index contributed by atoms with van der Waals surface area (Å²) in [6, 6.07) is 11.3. The molecule has 1 aromatic carbocycles. The first-order chi connectivity index (χ1) is 9.29. The highest BCUT2D eigenvalue weighted by molar-refractivity contribution is 5.92. The fourth-order valence-corrected chi connectivity index (χ4v) is 1.55. The number of nitrogens with zero attached hydrogens (tertiary/aromatic N) is 4. The summed E-state index contributed by atoms with van der Waals surface area (Å²) in [5, 5.41) is 18.8. The van der Waals surface area contributed by atoms with Gasteiger partial charge in [-0.1, -0.05) is 30.3 Å². The lowest BCUT2D eigenvalue weighted by Crippen LogP contribution is -2.24. The van der Waals surface area contributed by atoms with E-state index in [1.54, 1.807) is 0 Å². The standard InChI is InChI=1S/C13H11N5O/c14-9-11(8-10-4-2-1-3-5-10)12(19)17-13-15-6-7-16-18-13/h1-7,11H,8H2,(H,15,17,18,19). The van der Waals surface area contributed by atoms with E-state index in [0.717, 1.165) is 5.56 Å². The third-order valence-electron chi connectivity index (χ3n) is 2.47. The summed E-state index contributed by atoms with van der Waals surface area (Å²) in [4.78, 5) is 15.7. The van der Waals surface area contributed by atoms with Crippen molar-refractivity contribution in [3.63, 3.8) is 0 Å². The highest BCUT2D eigenvalue weighted by Crippen LogP contribution is 2.09. The number of hydrogen-bond acceptors (Lipinski definition) is 5. The number of amides is 1. The fraction of sp³-hybridized carbons (Fsp3) is 0.154. The molecule has 2 aromatic rings. The number of carbonyl (C=O) groups excluding carboxylic acids is 1. The molecule has 19 heavy (non-hydrogen) atoms. The van der Waals surface area contributed by atoms with Crippen molar-refractivity contribution in [3.05, 3.63) is 48.3 Å². The molecule has 0 radical (unpaired) electrons. The van der Waals surface area contributed by atoms with Crippen LogP contribution in [0.15, 0.2) is 42.7 Å². The summed E-state index contributed by atoms with van der Waals surface area (Å²) in [7, 11) is 0. The number of nitriles is 1. The van der Waals surface area contributed by atoms with Gasteiger partial charge in [0.05, 0.1) is 18.5 Å². The van der Waals surface area contributed by atoms with Crippen molar-refractivity contribution in [1.82, 2.24) is 15.2 Å². The van der Waals surface area contributed by atoms with Crippen LogP contribution < -0.4 is 5.32 Å². The maximum Gasteiger partial charge on any atom is 0.249 e. The molecular formula is C13H11N5O. The predicted molar refractivity (Wildman–Crippen MR) is 67.7 cm³/mol. The Balaban J connectivity index is 2.02. The third-order valence-corrected chi connectivity index (χ3v) is 2.47. The second-order valence-corrected chi connectivity index (χ2v) is 3.83. The first-order valence-electron chi connectivity index (χ1n) is 5.67. The molecule has 6 nitrogen and oxygen atoms in total. The van der Waals surface area contributed by atoms with E-state index >= 15 is 0 Å². The van der Waals surface area contributed by atoms with E-state index in [0.29, 0.717) is 6.42 Å². The van der Waals surface area contributed by atoms with Gasteiger partial charge in [0, 0.05) is 0 Å². The van der Waals surface area contributed by atoms with Crippen molar-refractivity contribution in [2.75, 3.05) is 5.32 Å². The van der Waals surface area contributed by atoms with Gasteiger partial charge in [-0.15, -0.1) is 5.10 Å². The molecule has 0 saturated heterocycles. The van der Waals surface area contributed by atoms with E-state index in [1.807, 2.05) is 36.4 Å². The summed E-state index contributed by atoms with van der Waals surface area (Å²) in [5.74, 6) is -1.12. The number of hydrogen-bond donors (Lipinski definition) is 1. The van der Waals surface area contributed by atoms with Gasteiger partial charge in [0.1, 0.15) is 5.92 Å². The average Bonchev–Trinajstić information content (AvgIpc) is 2.47. The molecule has 6 heteroatoms. The SMILES string of the molecule is N#CC(Cc1ccccc1)C(=O)Nc1nccnn1. The zero-order valence-electron chi connectivity index (χ0n) is 10.0. The van der Waals surface area contributed by atoms with Crippen LogP contribution in [0.5, 0.6) is 0 Å². The lowest BCUT2D eigenvalue weighted by atomic mass is 10.00. The highest BCUT2D eigenvalue weighted by Gasteiger charge is 2.19. The van der Waals surface area contributed by atoms with Crippen molar-refractivity contribution >= 4 is 11.9 Å². The summed E-state index contributed by atoms with van der Waals surface area (Å²) in [6.45, 7) is 0. The average molecular weight is 253 g/mol. The molecule has 1 aromatic heterocycles. The quantitative estimate of drug-likeness (QED) is 0.883. The van der Waals surface area contributed by atoms with E-state index in [-0.39, 0.29) is 5.95 Å². The zero-order valence-corrected chi connectivity index (χ0v) is 10.0. The fourth-order valence-electron chi connectivity index (χ4n) is 1.55. The number of benzene rings is 1. The first kappa shape index (κ1) is 12.6. The Morgan fingerprint density at radius 2 is 2.11 bits per heavy atom. The normalized spacial score (nSPS) is 11.3. The van der Waals surface area contributed by atoms with Crippen LogP contribution in [0.1, 0.15) is 5.56 Å². The van der Waals surface area contributed by atoms with Gasteiger partial charge in [0.2, 0.25) is 11.9 Å². The molecule has 94 valence electrons. The van der Waals surface area contributed by atoms with E-state index < -0.39 is 11.8 Å². The van der Waals surface area contributed by atoms with Gasteiger partial charge in [-0.05, 0) is 12.0 Å². The summed E-state index contributed by atoms with van der Waals surface area (Å²) < 4.78 is 0. The Kier molecular flexibility index (Phi) is 4.13. The molecule has 0 aliphatic carbocycles. The molecule has 2 rings (SSSR count). The molecular weight excluding hydrogens is 242 g/mol. The van der Waals surface area contributed by atoms with E-state index in [2.05, 4.69) is 20.5 Å². The Hall–Kier alpha value is -2.81. The molecule has 1 atom stereocenters. The molecule has 1 amide bonds. The maximum atomic E-state index is 11.9. The van der Waals surface area contributed by atoms with Gasteiger partial charge in [0.15, 0.2) is 0 Å². The lowest BCUT2D eigenvalue weighted by Gasteiger charge is -2.08. The number of nitrogens with one attached hydrogen (secondary N) is 1. The smallest absolute Gasteiger partial charge is 0.249 e. The minimum Gasteiger partial charge on any atom is -0.292 e. The minimum absolute atomic E-state index is 0.0980. The second-order valence-electron chi connectivity index (χ2n) is 3.83. The number of anilines is 1. The predicted octanol–water partition coefficient (Wildman–Crippen LogP) is 1.19. The van der Waals surface area contributed by atoms with Crippen LogP contribution in [0.4, 0.5) is 5.95 Å². The summed E-state index contributed by atoms with van der Waals surface area (Å²) in [6.07, 6.45) is 3.17. The molecule has 0 fully saturated rings. The van der Waals surface area contributed by atoms with Crippen LogP contribution in [0.3, 0.4) is 0 Å². The van der Waals surface area contributed by atoms with Crippen LogP contribution in [-0.4, -0.2) is 21.1 Å². The lowest BCUT2D eigenvalue weighted by molar-refractivity contribution is -0.118. The van der Waals surface area contributed by atoms with Crippen molar-refractivity contribution in [2.45, 2.75) is 6.42 Å². The zero-order chi connectivity index (χ0) is 13.5. The van der Waals surface area contributed by atoms with E-state index in [1.165, 1.54) is 12.4 Å².